The van der Waals surface area contributed by atoms with Gasteiger partial charge in [0.2, 0.25) is 0 Å². The van der Waals surface area contributed by atoms with Crippen LogP contribution in [0.1, 0.15) is 68.2 Å². The molecule has 74 heavy (non-hydrogen) atoms. The third kappa shape index (κ3) is 12.4. The highest BCUT2D eigenvalue weighted by molar-refractivity contribution is 5.51. The van der Waals surface area contributed by atoms with Crippen LogP contribution in [0, 0.1) is 27.7 Å². The van der Waals surface area contributed by atoms with Crippen molar-refractivity contribution in [3.8, 4) is 22.9 Å². The Bertz CT molecular complexity index is 2850. The Balaban J connectivity index is 0.000000182. The monoisotopic (exact) mass is 989 g/mol. The molecule has 0 spiro atoms. The Morgan fingerprint density at radius 3 is 1.18 bits per heavy atom. The molecule has 14 nitrogen and oxygen atoms in total. The number of para-hydroxylation sites is 2. The zero-order valence-electron chi connectivity index (χ0n) is 43.6. The molecule has 0 saturated carbocycles. The van der Waals surface area contributed by atoms with Crippen LogP contribution in [0.3, 0.4) is 0 Å². The zero-order chi connectivity index (χ0) is 51.2. The molecule has 2 aliphatic heterocycles. The van der Waals surface area contributed by atoms with Crippen molar-refractivity contribution in [2.75, 3.05) is 79.7 Å². The summed E-state index contributed by atoms with van der Waals surface area (Å²) in [5, 5.41) is 26.3. The lowest BCUT2D eigenvalue weighted by Gasteiger charge is -2.38. The fourth-order valence-electron chi connectivity index (χ4n) is 10.2. The number of ether oxygens (including phenoxy) is 2. The SMILES string of the molecule is COc1cccc([C@@H](c2nnnn2-c2c(C)cccc2C)N2CCN(C/C=C/c3ccccc3)CC2)c1.COc1cccc([C@H](c2nnnn2-c2c(C)cccc2C)N2CCN(C/C=C/c3ccccc3)CC2)c1. The summed E-state index contributed by atoms with van der Waals surface area (Å²) < 4.78 is 15.0. The van der Waals surface area contributed by atoms with Crippen LogP contribution in [0.5, 0.6) is 11.5 Å². The Morgan fingerprint density at radius 2 is 0.811 bits per heavy atom. The minimum atomic E-state index is -0.0916. The number of hydrogen-bond donors (Lipinski definition) is 0. The van der Waals surface area contributed by atoms with E-state index in [0.29, 0.717) is 0 Å². The van der Waals surface area contributed by atoms with Crippen molar-refractivity contribution in [2.24, 2.45) is 0 Å². The average Bonchev–Trinajstić information content (AvgIpc) is 4.11. The highest BCUT2D eigenvalue weighted by Gasteiger charge is 2.33. The summed E-state index contributed by atoms with van der Waals surface area (Å²) in [7, 11) is 3.41. The quantitative estimate of drug-likeness (QED) is 0.0918. The number of aromatic nitrogens is 8. The summed E-state index contributed by atoms with van der Waals surface area (Å²) in [4.78, 5) is 9.96. The molecule has 2 saturated heterocycles. The number of rotatable bonds is 16. The molecule has 2 atom stereocenters. The first-order chi connectivity index (χ1) is 36.3. The fraction of sp³-hybridized carbons (Fsp3) is 0.300. The maximum atomic E-state index is 5.57. The van der Waals surface area contributed by atoms with Gasteiger partial charge in [-0.1, -0.05) is 146 Å². The predicted molar refractivity (Wildman–Crippen MR) is 294 cm³/mol. The predicted octanol–water partition coefficient (Wildman–Crippen LogP) is 9.42. The average molecular weight is 989 g/mol. The molecule has 0 unspecified atom stereocenters. The third-order valence-electron chi connectivity index (χ3n) is 14.1. The van der Waals surface area contributed by atoms with Gasteiger partial charge >= 0.3 is 0 Å². The highest BCUT2D eigenvalue weighted by atomic mass is 16.5. The van der Waals surface area contributed by atoms with E-state index in [1.807, 2.05) is 45.8 Å². The van der Waals surface area contributed by atoms with E-state index in [4.69, 9.17) is 9.47 Å². The first-order valence-electron chi connectivity index (χ1n) is 25.6. The molecule has 0 amide bonds. The van der Waals surface area contributed by atoms with E-state index in [1.54, 1.807) is 14.2 Å². The molecule has 10 rings (SSSR count). The maximum absolute atomic E-state index is 5.57. The summed E-state index contributed by atoms with van der Waals surface area (Å²) in [6.45, 7) is 17.9. The zero-order valence-corrected chi connectivity index (χ0v) is 43.6. The van der Waals surface area contributed by atoms with Gasteiger partial charge in [0.15, 0.2) is 11.6 Å². The van der Waals surface area contributed by atoms with Crippen LogP contribution in [-0.2, 0) is 0 Å². The molecule has 8 aromatic rings. The van der Waals surface area contributed by atoms with Crippen LogP contribution in [0.25, 0.3) is 23.5 Å². The Hall–Kier alpha value is -7.62. The van der Waals surface area contributed by atoms with E-state index in [-0.39, 0.29) is 12.1 Å². The van der Waals surface area contributed by atoms with E-state index in [1.165, 1.54) is 11.1 Å². The first-order valence-corrected chi connectivity index (χ1v) is 25.6. The molecule has 2 fully saturated rings. The highest BCUT2D eigenvalue weighted by Crippen LogP contribution is 2.34. The second kappa shape index (κ2) is 24.9. The summed E-state index contributed by atoms with van der Waals surface area (Å²) in [5.74, 6) is 3.31. The second-order valence-electron chi connectivity index (χ2n) is 19.0. The summed E-state index contributed by atoms with van der Waals surface area (Å²) >= 11 is 0. The van der Waals surface area contributed by atoms with E-state index in [9.17, 15) is 0 Å². The number of benzene rings is 6. The fourth-order valence-corrected chi connectivity index (χ4v) is 10.2. The van der Waals surface area contributed by atoms with Gasteiger partial charge in [0.05, 0.1) is 37.7 Å². The molecule has 6 aromatic carbocycles. The van der Waals surface area contributed by atoms with Crippen molar-refractivity contribution in [2.45, 2.75) is 39.8 Å². The lowest BCUT2D eigenvalue weighted by Crippen LogP contribution is -2.48. The van der Waals surface area contributed by atoms with Crippen molar-refractivity contribution in [1.82, 2.24) is 60.0 Å². The molecule has 2 aliphatic rings. The lowest BCUT2D eigenvalue weighted by atomic mass is 10.0. The largest absolute Gasteiger partial charge is 0.497 e. The van der Waals surface area contributed by atoms with Crippen LogP contribution < -0.4 is 9.47 Å². The summed E-state index contributed by atoms with van der Waals surface area (Å²) in [6, 6.07) is 49.8. The van der Waals surface area contributed by atoms with Crippen LogP contribution in [0.4, 0.5) is 0 Å². The third-order valence-corrected chi connectivity index (χ3v) is 14.1. The molecule has 14 heteroatoms. The van der Waals surface area contributed by atoms with Crippen LogP contribution in [0.2, 0.25) is 0 Å². The molecule has 0 N–H and O–H groups in total. The smallest absolute Gasteiger partial charge is 0.178 e. The standard InChI is InChI=1S/2C30H34N6O/c2*1-23-10-7-11-24(2)28(23)36-30(31-32-33-36)29(26-15-8-16-27(22-26)37-3)35-20-18-34(19-21-35)17-9-14-25-12-5-4-6-13-25/h2*4-16,22,29H,17-21H2,1-3H3/b2*14-9+/t2*29-/m10/s1. The van der Waals surface area contributed by atoms with E-state index in [2.05, 4.69) is 212 Å². The van der Waals surface area contributed by atoms with Crippen LogP contribution >= 0.6 is 0 Å². The van der Waals surface area contributed by atoms with E-state index >= 15 is 0 Å². The van der Waals surface area contributed by atoms with Crippen molar-refractivity contribution in [1.29, 1.82) is 0 Å². The minimum absolute atomic E-state index is 0.0916. The number of nitrogens with zero attached hydrogens (tertiary/aromatic N) is 12. The van der Waals surface area contributed by atoms with Gasteiger partial charge < -0.3 is 9.47 Å². The summed E-state index contributed by atoms with van der Waals surface area (Å²) in [6.07, 6.45) is 8.91. The van der Waals surface area contributed by atoms with Gasteiger partial charge in [-0.3, -0.25) is 19.6 Å². The maximum Gasteiger partial charge on any atom is 0.178 e. The van der Waals surface area contributed by atoms with Crippen molar-refractivity contribution >= 4 is 12.2 Å². The Kier molecular flexibility index (Phi) is 17.2. The van der Waals surface area contributed by atoms with Gasteiger partial charge in [-0.25, -0.2) is 0 Å². The molecule has 0 radical (unpaired) electrons. The molecule has 0 aliphatic carbocycles. The molecular formula is C60H68N12O2. The number of hydrogen-bond acceptors (Lipinski definition) is 12. The normalized spacial score (nSPS) is 15.8. The van der Waals surface area contributed by atoms with Gasteiger partial charge in [0.25, 0.3) is 0 Å². The number of tetrazole rings is 2. The Morgan fingerprint density at radius 1 is 0.446 bits per heavy atom. The van der Waals surface area contributed by atoms with E-state index < -0.39 is 0 Å². The molecule has 4 heterocycles. The first kappa shape index (κ1) is 51.3. The van der Waals surface area contributed by atoms with Crippen molar-refractivity contribution < 1.29 is 9.47 Å². The molecule has 0 bridgehead atoms. The second-order valence-corrected chi connectivity index (χ2v) is 19.0. The van der Waals surface area contributed by atoms with Crippen molar-refractivity contribution in [3.05, 3.63) is 214 Å². The number of aryl methyl sites for hydroxylation is 4. The van der Waals surface area contributed by atoms with Gasteiger partial charge in [-0.2, -0.15) is 9.36 Å². The van der Waals surface area contributed by atoms with Gasteiger partial charge in [0, 0.05) is 65.4 Å². The van der Waals surface area contributed by atoms with Gasteiger partial charge in [-0.15, -0.1) is 10.2 Å². The van der Waals surface area contributed by atoms with Gasteiger partial charge in [0.1, 0.15) is 11.5 Å². The Labute approximate surface area is 436 Å². The summed E-state index contributed by atoms with van der Waals surface area (Å²) in [5.41, 5.74) is 11.4. The minimum Gasteiger partial charge on any atom is -0.497 e. The van der Waals surface area contributed by atoms with Crippen LogP contribution in [0.15, 0.2) is 158 Å². The lowest BCUT2D eigenvalue weighted by molar-refractivity contribution is 0.113. The molecule has 2 aromatic heterocycles. The van der Waals surface area contributed by atoms with E-state index in [0.717, 1.165) is 133 Å². The van der Waals surface area contributed by atoms with Crippen molar-refractivity contribution in [3.63, 3.8) is 0 Å². The number of methoxy groups -OCH3 is 2. The van der Waals surface area contributed by atoms with Gasteiger partial charge in [-0.05, 0) is 117 Å². The van der Waals surface area contributed by atoms with Crippen LogP contribution in [-0.4, -0.2) is 140 Å². The molecule has 380 valence electrons. The molecular weight excluding hydrogens is 921 g/mol. The topological polar surface area (TPSA) is 119 Å². The number of piperazine rings is 2.